The molecule has 4 saturated carbocycles. The Morgan fingerprint density at radius 2 is 1.35 bits per heavy atom. The molecule has 14 atom stereocenters. The largest absolute Gasteiger partial charge is 0.461 e. The van der Waals surface area contributed by atoms with Crippen molar-refractivity contribution in [2.24, 2.45) is 40.9 Å². The Morgan fingerprint density at radius 3 is 1.90 bits per heavy atom. The van der Waals surface area contributed by atoms with Gasteiger partial charge in [0.1, 0.15) is 17.3 Å². The highest BCUT2D eigenvalue weighted by molar-refractivity contribution is 5.95. The molecule has 2 bridgehead atoms. The van der Waals surface area contributed by atoms with Gasteiger partial charge in [0.05, 0.1) is 35.3 Å². The average Bonchev–Trinajstić information content (AvgIpc) is 3.56. The summed E-state index contributed by atoms with van der Waals surface area (Å²) in [5, 5.41) is 0. The van der Waals surface area contributed by atoms with E-state index < -0.39 is 148 Å². The maximum Gasteiger partial charge on any atom is 0.338 e. The summed E-state index contributed by atoms with van der Waals surface area (Å²) >= 11 is 0. The molecule has 16 nitrogen and oxygen atoms in total. The summed E-state index contributed by atoms with van der Waals surface area (Å²) in [6.07, 6.45) is -6.64. The van der Waals surface area contributed by atoms with Gasteiger partial charge in [-0.2, -0.15) is 0 Å². The molecule has 6 rings (SSSR count). The molecular weight excluding hydrogens is 784 g/mol. The van der Waals surface area contributed by atoms with Gasteiger partial charge in [-0.1, -0.05) is 45.9 Å². The van der Waals surface area contributed by atoms with Crippen LogP contribution in [0.4, 0.5) is 0 Å². The summed E-state index contributed by atoms with van der Waals surface area (Å²) in [7, 11) is 0. The number of carbonyl (C=O) groups excluding carboxylic acids is 8. The Labute approximate surface area is 348 Å². The molecule has 1 heterocycles. The van der Waals surface area contributed by atoms with Crippen LogP contribution in [0.1, 0.15) is 106 Å². The van der Waals surface area contributed by atoms with E-state index in [9.17, 15) is 33.6 Å². The Kier molecular flexibility index (Phi) is 11.6. The minimum atomic E-state index is -2.23. The summed E-state index contributed by atoms with van der Waals surface area (Å²) in [5.74, 6) is -12.1. The zero-order chi connectivity index (χ0) is 44.5. The van der Waals surface area contributed by atoms with Crippen molar-refractivity contribution in [3.05, 3.63) is 35.9 Å². The molecule has 0 aromatic heterocycles. The van der Waals surface area contributed by atoms with Crippen molar-refractivity contribution < 1.29 is 76.3 Å². The second-order valence-corrected chi connectivity index (χ2v) is 18.2. The maximum atomic E-state index is 15.8. The van der Waals surface area contributed by atoms with E-state index in [1.165, 1.54) is 26.0 Å². The first-order chi connectivity index (χ1) is 27.9. The van der Waals surface area contributed by atoms with Crippen molar-refractivity contribution in [1.29, 1.82) is 0 Å². The van der Waals surface area contributed by atoms with Gasteiger partial charge in [-0.05, 0) is 45.7 Å². The minimum Gasteiger partial charge on any atom is -0.461 e. The van der Waals surface area contributed by atoms with Crippen molar-refractivity contribution in [2.45, 2.75) is 142 Å². The molecule has 0 spiro atoms. The van der Waals surface area contributed by atoms with E-state index in [0.717, 1.165) is 20.8 Å². The molecule has 1 aromatic carbocycles. The first kappa shape index (κ1) is 44.7. The van der Waals surface area contributed by atoms with Crippen LogP contribution in [-0.4, -0.2) is 101 Å². The molecule has 0 amide bonds. The van der Waals surface area contributed by atoms with E-state index in [-0.39, 0.29) is 12.0 Å². The van der Waals surface area contributed by atoms with Gasteiger partial charge >= 0.3 is 41.8 Å². The van der Waals surface area contributed by atoms with E-state index in [4.69, 9.17) is 37.9 Å². The molecule has 0 N–H and O–H groups in total. The summed E-state index contributed by atoms with van der Waals surface area (Å²) in [6, 6.07) is 7.95. The summed E-state index contributed by atoms with van der Waals surface area (Å²) in [5.41, 5.74) is -9.28. The second-order valence-electron chi connectivity index (χ2n) is 18.2. The van der Waals surface area contributed by atoms with Crippen LogP contribution >= 0.6 is 0 Å². The molecule has 60 heavy (non-hydrogen) atoms. The van der Waals surface area contributed by atoms with Gasteiger partial charge in [-0.15, -0.1) is 0 Å². The van der Waals surface area contributed by atoms with Gasteiger partial charge in [0.15, 0.2) is 35.3 Å². The van der Waals surface area contributed by atoms with Crippen molar-refractivity contribution in [3.63, 3.8) is 0 Å². The van der Waals surface area contributed by atoms with Gasteiger partial charge in [0.25, 0.3) is 0 Å². The number of carbonyl (C=O) groups is 8. The monoisotopic (exact) mass is 840 g/mol. The van der Waals surface area contributed by atoms with Crippen LogP contribution in [0.5, 0.6) is 0 Å². The number of fused-ring (bicyclic) bond motifs is 2. The standard InChI is InChI=1S/C44H56O16/c1-12-22(4)37(51)56-31-28-18-40(9,58-25(7)47)29(28)32-42(11)39(55-24(6)46)44(59-26(8)48)19-41(10,60-38(52)27-16-14-13-15-17-27)34(57-36(50)21(2)3)30(44)35(54-23(5)45)43(32,20-53-42)33(31)49/h13-17,21-22,28-32,34-35,39H,12,18-20H2,1-11H3/t22?,28-,29+,30-,31-,32+,34-,35-,39+,40+,41+,42-,43+,44-/m1/s1. The Bertz CT molecular complexity index is 1960. The fraction of sp³-hybridized carbons (Fsp3) is 0.682. The second kappa shape index (κ2) is 15.6. The fourth-order valence-corrected chi connectivity index (χ4v) is 11.3. The predicted octanol–water partition coefficient (Wildman–Crippen LogP) is 4.26. The minimum absolute atomic E-state index is 0.0845. The fourth-order valence-electron chi connectivity index (χ4n) is 11.3. The summed E-state index contributed by atoms with van der Waals surface area (Å²) < 4.78 is 50.5. The average molecular weight is 841 g/mol. The van der Waals surface area contributed by atoms with E-state index in [0.29, 0.717) is 6.42 Å². The van der Waals surface area contributed by atoms with Gasteiger partial charge in [-0.3, -0.25) is 33.6 Å². The molecule has 5 aliphatic rings. The van der Waals surface area contributed by atoms with Crippen LogP contribution in [0, 0.1) is 40.9 Å². The predicted molar refractivity (Wildman–Crippen MR) is 205 cm³/mol. The lowest BCUT2D eigenvalue weighted by molar-refractivity contribution is -0.262. The molecule has 328 valence electrons. The van der Waals surface area contributed by atoms with Gasteiger partial charge in [0.2, 0.25) is 0 Å². The van der Waals surface area contributed by atoms with Crippen molar-refractivity contribution in [1.82, 2.24) is 0 Å². The molecule has 1 aromatic rings. The van der Waals surface area contributed by atoms with E-state index in [1.54, 1.807) is 59.7 Å². The number of benzene rings is 1. The van der Waals surface area contributed by atoms with E-state index in [2.05, 4.69) is 0 Å². The molecule has 1 unspecified atom stereocenters. The topological polar surface area (TPSA) is 210 Å². The van der Waals surface area contributed by atoms with Gasteiger partial charge in [0, 0.05) is 51.9 Å². The Balaban J connectivity index is 1.71. The van der Waals surface area contributed by atoms with Gasteiger partial charge < -0.3 is 37.9 Å². The number of ether oxygens (including phenoxy) is 8. The van der Waals surface area contributed by atoms with Crippen molar-refractivity contribution in [3.8, 4) is 0 Å². The lowest BCUT2D eigenvalue weighted by Gasteiger charge is -2.64. The third-order valence-electron chi connectivity index (χ3n) is 13.6. The molecule has 4 aliphatic carbocycles. The van der Waals surface area contributed by atoms with Crippen LogP contribution in [-0.2, 0) is 71.5 Å². The number of esters is 7. The SMILES string of the molecule is CCC(C)C(=O)O[C@H]1C(=O)[C@@]23CO[C@@](C)([C@H](OC(C)=O)[C@@]4(OC(C)=O)C[C@](C)(OC(=O)c5ccccc5)[C@H](OC(=O)C(C)C)[C@@H]4[C@H]2OC(C)=O)[C@@H]3[C@@H]2[C@H]1C[C@]2(C)OC(C)=O. The van der Waals surface area contributed by atoms with Crippen molar-refractivity contribution in [2.75, 3.05) is 6.61 Å². The number of rotatable bonds is 11. The first-order valence-electron chi connectivity index (χ1n) is 20.5. The maximum absolute atomic E-state index is 15.8. The lowest BCUT2D eigenvalue weighted by atomic mass is 9.42. The molecule has 1 aliphatic heterocycles. The Hall–Kier alpha value is -4.86. The van der Waals surface area contributed by atoms with Crippen LogP contribution in [0.25, 0.3) is 0 Å². The molecule has 5 fully saturated rings. The van der Waals surface area contributed by atoms with E-state index >= 15 is 4.79 Å². The first-order valence-corrected chi connectivity index (χ1v) is 20.5. The van der Waals surface area contributed by atoms with Crippen LogP contribution in [0.15, 0.2) is 30.3 Å². The quantitative estimate of drug-likeness (QED) is 0.225. The molecule has 0 radical (unpaired) electrons. The molecule has 16 heteroatoms. The number of hydrogen-bond donors (Lipinski definition) is 0. The summed E-state index contributed by atoms with van der Waals surface area (Å²) in [4.78, 5) is 111. The normalized spacial score (nSPS) is 39.0. The highest BCUT2D eigenvalue weighted by atomic mass is 16.6. The van der Waals surface area contributed by atoms with Crippen LogP contribution in [0.2, 0.25) is 0 Å². The van der Waals surface area contributed by atoms with Gasteiger partial charge in [-0.25, -0.2) is 4.79 Å². The van der Waals surface area contributed by atoms with Crippen LogP contribution in [0.3, 0.4) is 0 Å². The number of Topliss-reactive ketones (excluding diaryl/α,β-unsaturated/α-hetero) is 1. The highest BCUT2D eigenvalue weighted by Crippen LogP contribution is 2.73. The zero-order valence-corrected chi connectivity index (χ0v) is 36.0. The van der Waals surface area contributed by atoms with Crippen molar-refractivity contribution >= 4 is 47.6 Å². The zero-order valence-electron chi connectivity index (χ0n) is 36.0. The third-order valence-corrected chi connectivity index (χ3v) is 13.6. The summed E-state index contributed by atoms with van der Waals surface area (Å²) in [6.45, 7) is 15.3. The lowest BCUT2D eigenvalue weighted by Crippen LogP contribution is -2.75. The number of ketones is 1. The van der Waals surface area contributed by atoms with E-state index in [1.807, 2.05) is 0 Å². The smallest absolute Gasteiger partial charge is 0.338 e. The molecular formula is C44H56O16. The van der Waals surface area contributed by atoms with Crippen LogP contribution < -0.4 is 0 Å². The highest BCUT2D eigenvalue weighted by Gasteiger charge is 2.88. The Morgan fingerprint density at radius 1 is 0.733 bits per heavy atom. The third kappa shape index (κ3) is 6.95. The molecule has 1 saturated heterocycles. The number of hydrogen-bond acceptors (Lipinski definition) is 16.